The van der Waals surface area contributed by atoms with Crippen LogP contribution in [0.1, 0.15) is 106 Å². The van der Waals surface area contributed by atoms with E-state index in [0.29, 0.717) is 51.0 Å². The lowest BCUT2D eigenvalue weighted by Gasteiger charge is -2.42. The number of hydrogen-bond acceptors (Lipinski definition) is 11. The van der Waals surface area contributed by atoms with Crippen molar-refractivity contribution >= 4 is 23.8 Å². The SMILES string of the molecule is COC(=O)C(C)(C)C(C)(C)C(C)C.C[C@H]1CN(C)[C@@H](C)C[C@H](OC2CCCCC(OC(=O)NCCc3ccncc3)C(=O)CC3CCOC(=O)C32)O1. The number of cyclic esters (lactones) is 1. The Morgan fingerprint density at radius 3 is 2.38 bits per heavy atom. The van der Waals surface area contributed by atoms with Gasteiger partial charge in [0.2, 0.25) is 0 Å². The van der Waals surface area contributed by atoms with Gasteiger partial charge < -0.3 is 33.9 Å². The maximum absolute atomic E-state index is 13.4. The highest BCUT2D eigenvalue weighted by Crippen LogP contribution is 2.45. The Kier molecular flexibility index (Phi) is 16.5. The molecule has 52 heavy (non-hydrogen) atoms. The molecular formula is C40H65N3O9. The summed E-state index contributed by atoms with van der Waals surface area (Å²) in [6, 6.07) is 4.06. The third-order valence-corrected chi connectivity index (χ3v) is 11.9. The van der Waals surface area contributed by atoms with E-state index < -0.39 is 35.9 Å². The zero-order chi connectivity index (χ0) is 38.6. The summed E-state index contributed by atoms with van der Waals surface area (Å²) in [4.78, 5) is 56.7. The van der Waals surface area contributed by atoms with Crippen molar-refractivity contribution in [1.29, 1.82) is 0 Å². The molecule has 1 N–H and O–H groups in total. The molecule has 7 atom stereocenters. The van der Waals surface area contributed by atoms with Crippen molar-refractivity contribution in [1.82, 2.24) is 15.2 Å². The molecule has 0 aromatic carbocycles. The third-order valence-electron chi connectivity index (χ3n) is 11.9. The maximum atomic E-state index is 13.4. The number of amides is 1. The second kappa shape index (κ2) is 19.8. The minimum Gasteiger partial charge on any atom is -0.469 e. The Morgan fingerprint density at radius 2 is 1.73 bits per heavy atom. The Morgan fingerprint density at radius 1 is 1.06 bits per heavy atom. The van der Waals surface area contributed by atoms with Crippen molar-refractivity contribution in [2.45, 2.75) is 137 Å². The molecule has 1 saturated carbocycles. The number of carbonyl (C=O) groups is 4. The highest BCUT2D eigenvalue weighted by atomic mass is 16.7. The molecular weight excluding hydrogens is 666 g/mol. The van der Waals surface area contributed by atoms with Gasteiger partial charge in [-0.25, -0.2) is 4.79 Å². The first-order valence-corrected chi connectivity index (χ1v) is 19.1. The Labute approximate surface area is 311 Å². The second-order valence-electron chi connectivity index (χ2n) is 16.2. The van der Waals surface area contributed by atoms with Crippen molar-refractivity contribution in [2.24, 2.45) is 28.6 Å². The lowest BCUT2D eigenvalue weighted by molar-refractivity contribution is -0.213. The Balaban J connectivity index is 0.000000478. The summed E-state index contributed by atoms with van der Waals surface area (Å²) in [5.41, 5.74) is 0.563. The van der Waals surface area contributed by atoms with Crippen LogP contribution in [-0.2, 0) is 44.5 Å². The van der Waals surface area contributed by atoms with Crippen LogP contribution in [0.3, 0.4) is 0 Å². The number of nitrogens with zero attached hydrogens (tertiary/aromatic N) is 2. The van der Waals surface area contributed by atoms with Crippen molar-refractivity contribution < 1.29 is 42.9 Å². The van der Waals surface area contributed by atoms with Gasteiger partial charge in [-0.1, -0.05) is 34.1 Å². The number of nitrogens with one attached hydrogen (secondary N) is 1. The first-order chi connectivity index (χ1) is 24.5. The number of alkyl carbamates (subject to hydrolysis) is 1. The van der Waals surface area contributed by atoms with E-state index in [1.165, 1.54) is 7.11 Å². The Hall–Kier alpha value is -3.09. The number of aromatic nitrogens is 1. The quantitative estimate of drug-likeness (QED) is 0.231. The molecule has 3 fully saturated rings. The summed E-state index contributed by atoms with van der Waals surface area (Å²) in [5.74, 6) is -0.938. The van der Waals surface area contributed by atoms with Gasteiger partial charge >= 0.3 is 18.0 Å². The number of ether oxygens (including phenoxy) is 5. The Bertz CT molecular complexity index is 1300. The van der Waals surface area contributed by atoms with E-state index in [-0.39, 0.29) is 54.2 Å². The number of likely N-dealkylation sites (N-methyl/N-ethyl adjacent to an activating group) is 1. The molecule has 3 heterocycles. The molecule has 1 aromatic heterocycles. The van der Waals surface area contributed by atoms with Crippen molar-refractivity contribution in [2.75, 3.05) is 33.9 Å². The number of Topliss-reactive ketones (excluding diaryl/α,β-unsaturated/α-hetero) is 1. The lowest BCUT2D eigenvalue weighted by atomic mass is 9.62. The molecule has 2 aliphatic heterocycles. The van der Waals surface area contributed by atoms with Gasteiger partial charge in [0.05, 0.1) is 37.3 Å². The molecule has 4 unspecified atom stereocenters. The molecule has 1 aromatic rings. The minimum absolute atomic E-state index is 0.00826. The van der Waals surface area contributed by atoms with Gasteiger partial charge in [0.1, 0.15) is 0 Å². The number of hydrogen-bond donors (Lipinski definition) is 1. The summed E-state index contributed by atoms with van der Waals surface area (Å²) in [5, 5.41) is 2.75. The van der Waals surface area contributed by atoms with Crippen LogP contribution in [0.15, 0.2) is 24.5 Å². The monoisotopic (exact) mass is 731 g/mol. The van der Waals surface area contributed by atoms with Crippen LogP contribution in [0.2, 0.25) is 0 Å². The molecule has 1 aliphatic carbocycles. The lowest BCUT2D eigenvalue weighted by Crippen LogP contribution is -2.46. The average Bonchev–Trinajstić information content (AvgIpc) is 3.20. The molecule has 0 radical (unpaired) electrons. The third kappa shape index (κ3) is 12.0. The zero-order valence-electron chi connectivity index (χ0n) is 33.3. The second-order valence-corrected chi connectivity index (χ2v) is 16.2. The molecule has 0 spiro atoms. The van der Waals surface area contributed by atoms with Crippen LogP contribution in [0, 0.1) is 28.6 Å². The fourth-order valence-corrected chi connectivity index (χ4v) is 7.10. The van der Waals surface area contributed by atoms with Gasteiger partial charge in [0.25, 0.3) is 0 Å². The standard InChI is InChI=1S/C29H43N3O7.C11H22O2/c1-19-16-26(37-20(2)18-32(19)3)38-25-7-5-4-6-24(23(33)17-22-11-15-36-28(34)27(22)25)39-29(35)31-14-10-21-8-12-30-13-9-21;1-8(2)10(3,4)11(5,6)9(12)13-7/h8-9,12-13,19-20,22,24-27H,4-7,10-11,14-18H2,1-3H3,(H,31,35);8H,1-7H3/t19-,20-,22?,24?,25?,26-,27?;/m0./s1. The fraction of sp³-hybridized carbons (Fsp3) is 0.775. The molecule has 3 aliphatic rings. The summed E-state index contributed by atoms with van der Waals surface area (Å²) < 4.78 is 28.6. The highest BCUT2D eigenvalue weighted by Gasteiger charge is 2.46. The summed E-state index contributed by atoms with van der Waals surface area (Å²) in [6.07, 6.45) is 5.75. The maximum Gasteiger partial charge on any atom is 0.407 e. The molecule has 2 saturated heterocycles. The van der Waals surface area contributed by atoms with Crippen molar-refractivity contribution in [3.63, 3.8) is 0 Å². The molecule has 4 rings (SSSR count). The van der Waals surface area contributed by atoms with Gasteiger partial charge in [-0.05, 0) is 102 Å². The van der Waals surface area contributed by atoms with E-state index in [0.717, 1.165) is 18.5 Å². The zero-order valence-corrected chi connectivity index (χ0v) is 33.3. The topological polar surface area (TPSA) is 143 Å². The molecule has 1 amide bonds. The number of esters is 2. The molecule has 0 bridgehead atoms. The van der Waals surface area contributed by atoms with Crippen LogP contribution >= 0.6 is 0 Å². The smallest absolute Gasteiger partial charge is 0.407 e. The van der Waals surface area contributed by atoms with Crippen LogP contribution in [0.25, 0.3) is 0 Å². The van der Waals surface area contributed by atoms with Gasteiger partial charge in [-0.15, -0.1) is 0 Å². The number of pyridine rings is 1. The normalized spacial score (nSPS) is 27.9. The van der Waals surface area contributed by atoms with Gasteiger partial charge in [0.15, 0.2) is 18.2 Å². The summed E-state index contributed by atoms with van der Waals surface area (Å²) >= 11 is 0. The minimum atomic E-state index is -0.829. The van der Waals surface area contributed by atoms with Crippen LogP contribution < -0.4 is 5.32 Å². The summed E-state index contributed by atoms with van der Waals surface area (Å²) in [7, 11) is 3.52. The van der Waals surface area contributed by atoms with Crippen LogP contribution in [-0.4, -0.2) is 98.2 Å². The van der Waals surface area contributed by atoms with Crippen LogP contribution in [0.5, 0.6) is 0 Å². The molecule has 12 nitrogen and oxygen atoms in total. The van der Waals surface area contributed by atoms with E-state index in [4.69, 9.17) is 23.7 Å². The average molecular weight is 732 g/mol. The van der Waals surface area contributed by atoms with E-state index in [2.05, 4.69) is 56.9 Å². The predicted molar refractivity (Wildman–Crippen MR) is 197 cm³/mol. The van der Waals surface area contributed by atoms with E-state index in [1.807, 2.05) is 32.9 Å². The fourth-order valence-electron chi connectivity index (χ4n) is 7.10. The van der Waals surface area contributed by atoms with Crippen molar-refractivity contribution in [3.05, 3.63) is 30.1 Å². The van der Waals surface area contributed by atoms with E-state index >= 15 is 0 Å². The van der Waals surface area contributed by atoms with E-state index in [1.54, 1.807) is 12.4 Å². The highest BCUT2D eigenvalue weighted by molar-refractivity contribution is 5.86. The molecule has 12 heteroatoms. The first-order valence-electron chi connectivity index (χ1n) is 19.1. The van der Waals surface area contributed by atoms with Crippen molar-refractivity contribution in [3.8, 4) is 0 Å². The number of methoxy groups -OCH3 is 1. The number of rotatable bonds is 9. The number of carbonyl (C=O) groups excluding carboxylic acids is 4. The van der Waals surface area contributed by atoms with Crippen LogP contribution in [0.4, 0.5) is 4.79 Å². The predicted octanol–water partition coefficient (Wildman–Crippen LogP) is 6.14. The van der Waals surface area contributed by atoms with Gasteiger partial charge in [-0.2, -0.15) is 0 Å². The molecule has 294 valence electrons. The van der Waals surface area contributed by atoms with E-state index in [9.17, 15) is 19.2 Å². The summed E-state index contributed by atoms with van der Waals surface area (Å²) in [6.45, 7) is 18.0. The van der Waals surface area contributed by atoms with Gasteiger partial charge in [0, 0.05) is 44.4 Å². The van der Waals surface area contributed by atoms with Gasteiger partial charge in [-0.3, -0.25) is 19.4 Å². The largest absolute Gasteiger partial charge is 0.469 e. The number of fused-ring (bicyclic) bond motifs is 1. The first kappa shape index (κ1) is 43.3. The number of ketones is 1.